The van der Waals surface area contributed by atoms with E-state index in [1.165, 1.54) is 0 Å². The van der Waals surface area contributed by atoms with E-state index in [0.29, 0.717) is 19.8 Å². The van der Waals surface area contributed by atoms with Crippen molar-refractivity contribution in [2.24, 2.45) is 0 Å². The largest absolute Gasteiger partial charge is 0.492 e. The van der Waals surface area contributed by atoms with Gasteiger partial charge < -0.3 is 19.5 Å². The van der Waals surface area contributed by atoms with Gasteiger partial charge in [0.1, 0.15) is 37.1 Å². The summed E-state index contributed by atoms with van der Waals surface area (Å²) in [5.74, 6) is 2.55. The monoisotopic (exact) mass is 349 g/mol. The second-order valence-electron chi connectivity index (χ2n) is 5.63. The topological polar surface area (TPSA) is 39.7 Å². The average molecular weight is 349 g/mol. The van der Waals surface area contributed by atoms with Gasteiger partial charge in [-0.2, -0.15) is 0 Å². The second-order valence-corrected chi connectivity index (χ2v) is 5.63. The van der Waals surface area contributed by atoms with E-state index in [2.05, 4.69) is 5.32 Å². The Kier molecular flexibility index (Phi) is 6.79. The zero-order valence-electron chi connectivity index (χ0n) is 14.6. The van der Waals surface area contributed by atoms with Crippen molar-refractivity contribution in [3.63, 3.8) is 0 Å². The smallest absolute Gasteiger partial charge is 0.122 e. The highest BCUT2D eigenvalue weighted by Crippen LogP contribution is 2.17. The maximum atomic E-state index is 5.75. The first kappa shape index (κ1) is 17.7. The summed E-state index contributed by atoms with van der Waals surface area (Å²) in [6.07, 6.45) is 0. The number of ether oxygens (including phenoxy) is 3. The Hall–Kier alpha value is -3.14. The van der Waals surface area contributed by atoms with Gasteiger partial charge in [0.15, 0.2) is 0 Å². The number of rotatable bonds is 10. The highest BCUT2D eigenvalue weighted by molar-refractivity contribution is 5.48. The van der Waals surface area contributed by atoms with Gasteiger partial charge in [0, 0.05) is 18.3 Å². The van der Waals surface area contributed by atoms with E-state index in [0.717, 1.165) is 29.5 Å². The molecule has 0 aliphatic rings. The van der Waals surface area contributed by atoms with Crippen molar-refractivity contribution < 1.29 is 14.2 Å². The number of para-hydroxylation sites is 2. The molecule has 26 heavy (non-hydrogen) atoms. The summed E-state index contributed by atoms with van der Waals surface area (Å²) in [7, 11) is 0. The lowest BCUT2D eigenvalue weighted by Gasteiger charge is -2.11. The van der Waals surface area contributed by atoms with Crippen molar-refractivity contribution in [3.05, 3.63) is 84.9 Å². The predicted molar refractivity (Wildman–Crippen MR) is 104 cm³/mol. The van der Waals surface area contributed by atoms with Crippen LogP contribution in [0.4, 0.5) is 5.69 Å². The van der Waals surface area contributed by atoms with E-state index in [1.807, 2.05) is 84.9 Å². The molecule has 0 radical (unpaired) electrons. The van der Waals surface area contributed by atoms with Crippen molar-refractivity contribution in [1.82, 2.24) is 0 Å². The van der Waals surface area contributed by atoms with Crippen LogP contribution in [0.2, 0.25) is 0 Å². The molecule has 0 saturated heterocycles. The molecule has 3 aromatic rings. The predicted octanol–water partition coefficient (Wildman–Crippen LogP) is 4.64. The van der Waals surface area contributed by atoms with Gasteiger partial charge in [0.05, 0.1) is 0 Å². The molecule has 134 valence electrons. The maximum Gasteiger partial charge on any atom is 0.122 e. The van der Waals surface area contributed by atoms with Crippen molar-refractivity contribution in [2.75, 3.05) is 31.7 Å². The fourth-order valence-electron chi connectivity index (χ4n) is 2.41. The first-order valence-electron chi connectivity index (χ1n) is 8.72. The lowest BCUT2D eigenvalue weighted by molar-refractivity contribution is 0.217. The Morgan fingerprint density at radius 2 is 1.08 bits per heavy atom. The Balaban J connectivity index is 1.36. The van der Waals surface area contributed by atoms with Gasteiger partial charge in [-0.15, -0.1) is 0 Å². The number of hydrogen-bond acceptors (Lipinski definition) is 4. The van der Waals surface area contributed by atoms with Crippen molar-refractivity contribution >= 4 is 5.69 Å². The van der Waals surface area contributed by atoms with E-state index in [1.54, 1.807) is 0 Å². The standard InChI is InChI=1S/C22H23NO3/c1-3-9-20(10-4-1)24-15-14-23-19-8-7-13-22(18-19)26-17-16-25-21-11-5-2-6-12-21/h1-13,18,23H,14-17H2. The molecular formula is C22H23NO3. The van der Waals surface area contributed by atoms with Crippen LogP contribution in [-0.4, -0.2) is 26.4 Å². The van der Waals surface area contributed by atoms with Crippen LogP contribution in [0.25, 0.3) is 0 Å². The van der Waals surface area contributed by atoms with Crippen LogP contribution in [0.15, 0.2) is 84.9 Å². The maximum absolute atomic E-state index is 5.75. The molecule has 0 amide bonds. The summed E-state index contributed by atoms with van der Waals surface area (Å²) in [5, 5.41) is 3.34. The van der Waals surface area contributed by atoms with Gasteiger partial charge in [0.2, 0.25) is 0 Å². The Bertz CT molecular complexity index is 700. The normalized spacial score (nSPS) is 10.2. The van der Waals surface area contributed by atoms with Gasteiger partial charge in [-0.3, -0.25) is 0 Å². The first-order chi connectivity index (χ1) is 12.9. The van der Waals surface area contributed by atoms with Gasteiger partial charge in [-0.1, -0.05) is 42.5 Å². The fraction of sp³-hybridized carbons (Fsp3) is 0.182. The molecule has 0 unspecified atom stereocenters. The van der Waals surface area contributed by atoms with Gasteiger partial charge in [-0.05, 0) is 36.4 Å². The van der Waals surface area contributed by atoms with E-state index >= 15 is 0 Å². The van der Waals surface area contributed by atoms with Crippen LogP contribution in [0.1, 0.15) is 0 Å². The van der Waals surface area contributed by atoms with E-state index in [-0.39, 0.29) is 0 Å². The fourth-order valence-corrected chi connectivity index (χ4v) is 2.41. The van der Waals surface area contributed by atoms with Crippen LogP contribution >= 0.6 is 0 Å². The van der Waals surface area contributed by atoms with Gasteiger partial charge >= 0.3 is 0 Å². The number of anilines is 1. The third-order valence-corrected chi connectivity index (χ3v) is 3.64. The van der Waals surface area contributed by atoms with Crippen LogP contribution < -0.4 is 19.5 Å². The Labute approximate surface area is 154 Å². The van der Waals surface area contributed by atoms with Crippen LogP contribution in [0.5, 0.6) is 17.2 Å². The molecule has 1 N–H and O–H groups in total. The lowest BCUT2D eigenvalue weighted by atomic mass is 10.3. The van der Waals surface area contributed by atoms with Crippen molar-refractivity contribution in [1.29, 1.82) is 0 Å². The second kappa shape index (κ2) is 9.99. The SMILES string of the molecule is c1ccc(OCCNc2cccc(OCCOc3ccccc3)c2)cc1. The molecule has 0 spiro atoms. The first-order valence-corrected chi connectivity index (χ1v) is 8.72. The van der Waals surface area contributed by atoms with E-state index < -0.39 is 0 Å². The minimum atomic E-state index is 0.496. The minimum Gasteiger partial charge on any atom is -0.492 e. The molecular weight excluding hydrogens is 326 g/mol. The molecule has 4 nitrogen and oxygen atoms in total. The number of benzene rings is 3. The molecule has 0 aromatic heterocycles. The van der Waals surface area contributed by atoms with Crippen LogP contribution in [0.3, 0.4) is 0 Å². The lowest BCUT2D eigenvalue weighted by Crippen LogP contribution is -2.12. The molecule has 4 heteroatoms. The third kappa shape index (κ3) is 6.06. The molecule has 0 aliphatic heterocycles. The van der Waals surface area contributed by atoms with E-state index in [4.69, 9.17) is 14.2 Å². The summed E-state index contributed by atoms with van der Waals surface area (Å²) in [5.41, 5.74) is 1.00. The summed E-state index contributed by atoms with van der Waals surface area (Å²) < 4.78 is 17.0. The summed E-state index contributed by atoms with van der Waals surface area (Å²) in [6, 6.07) is 27.4. The molecule has 0 saturated carbocycles. The average Bonchev–Trinajstić information content (AvgIpc) is 2.71. The van der Waals surface area contributed by atoms with Gasteiger partial charge in [0.25, 0.3) is 0 Å². The number of hydrogen-bond donors (Lipinski definition) is 1. The number of nitrogens with one attached hydrogen (secondary N) is 1. The summed E-state index contributed by atoms with van der Waals surface area (Å²) in [4.78, 5) is 0. The molecule has 3 aromatic carbocycles. The van der Waals surface area contributed by atoms with Crippen molar-refractivity contribution in [3.8, 4) is 17.2 Å². The Morgan fingerprint density at radius 3 is 1.73 bits per heavy atom. The summed E-state index contributed by atoms with van der Waals surface area (Å²) in [6.45, 7) is 2.32. The minimum absolute atomic E-state index is 0.496. The molecule has 0 atom stereocenters. The molecule has 0 heterocycles. The van der Waals surface area contributed by atoms with Crippen LogP contribution in [0, 0.1) is 0 Å². The van der Waals surface area contributed by atoms with Crippen molar-refractivity contribution in [2.45, 2.75) is 0 Å². The highest BCUT2D eigenvalue weighted by atomic mass is 16.5. The molecule has 0 bridgehead atoms. The highest BCUT2D eigenvalue weighted by Gasteiger charge is 1.98. The molecule has 0 fully saturated rings. The van der Waals surface area contributed by atoms with Crippen LogP contribution in [-0.2, 0) is 0 Å². The zero-order chi connectivity index (χ0) is 17.9. The van der Waals surface area contributed by atoms with Gasteiger partial charge in [-0.25, -0.2) is 0 Å². The summed E-state index contributed by atoms with van der Waals surface area (Å²) >= 11 is 0. The molecule has 3 rings (SSSR count). The zero-order valence-corrected chi connectivity index (χ0v) is 14.6. The Morgan fingerprint density at radius 1 is 0.538 bits per heavy atom. The van der Waals surface area contributed by atoms with E-state index in [9.17, 15) is 0 Å². The molecule has 0 aliphatic carbocycles. The quantitative estimate of drug-likeness (QED) is 0.542. The third-order valence-electron chi connectivity index (χ3n) is 3.64.